The molecule has 0 radical (unpaired) electrons. The van der Waals surface area contributed by atoms with E-state index < -0.39 is 0 Å². The molecule has 0 aromatic heterocycles. The second-order valence-electron chi connectivity index (χ2n) is 7.64. The molecule has 1 saturated carbocycles. The van der Waals surface area contributed by atoms with Crippen LogP contribution in [0, 0.1) is 0 Å². The molecule has 6 nitrogen and oxygen atoms in total. The summed E-state index contributed by atoms with van der Waals surface area (Å²) >= 11 is 1.96. The fourth-order valence-corrected chi connectivity index (χ4v) is 4.85. The van der Waals surface area contributed by atoms with E-state index in [9.17, 15) is 9.59 Å². The summed E-state index contributed by atoms with van der Waals surface area (Å²) in [5.41, 5.74) is 1.04. The summed E-state index contributed by atoms with van der Waals surface area (Å²) in [7, 11) is 0. The van der Waals surface area contributed by atoms with Crippen molar-refractivity contribution in [3.8, 4) is 0 Å². The summed E-state index contributed by atoms with van der Waals surface area (Å²) in [6.07, 6.45) is 8.75. The minimum atomic E-state index is -0.176. The van der Waals surface area contributed by atoms with Crippen molar-refractivity contribution >= 4 is 29.5 Å². The second kappa shape index (κ2) is 10.7. The molecular weight excluding hydrogens is 384 g/mol. The summed E-state index contributed by atoms with van der Waals surface area (Å²) in [5.74, 6) is 0.523. The summed E-state index contributed by atoms with van der Waals surface area (Å²) in [5, 5.41) is 7.66. The molecule has 29 heavy (non-hydrogen) atoms. The quantitative estimate of drug-likeness (QED) is 0.294. The number of benzene rings is 1. The summed E-state index contributed by atoms with van der Waals surface area (Å²) in [4.78, 5) is 30.8. The van der Waals surface area contributed by atoms with Gasteiger partial charge in [0.15, 0.2) is 5.96 Å². The molecular formula is C22H32N4O2S. The predicted octanol–water partition coefficient (Wildman–Crippen LogP) is 3.29. The Morgan fingerprint density at radius 3 is 2.55 bits per heavy atom. The van der Waals surface area contributed by atoms with Crippen molar-refractivity contribution in [2.45, 2.75) is 56.7 Å². The normalized spacial score (nSPS) is 22.0. The van der Waals surface area contributed by atoms with Crippen LogP contribution in [-0.2, 0) is 0 Å². The van der Waals surface area contributed by atoms with Crippen molar-refractivity contribution in [1.29, 1.82) is 0 Å². The van der Waals surface area contributed by atoms with Crippen LogP contribution in [0.25, 0.3) is 0 Å². The Bertz CT molecular complexity index is 717. The first-order valence-corrected chi connectivity index (χ1v) is 12.0. The maximum atomic E-state index is 12.4. The van der Waals surface area contributed by atoms with E-state index in [-0.39, 0.29) is 11.8 Å². The van der Waals surface area contributed by atoms with Crippen molar-refractivity contribution in [3.05, 3.63) is 35.4 Å². The van der Waals surface area contributed by atoms with Crippen molar-refractivity contribution < 1.29 is 9.59 Å². The van der Waals surface area contributed by atoms with E-state index in [0.29, 0.717) is 30.3 Å². The molecule has 2 N–H and O–H groups in total. The Labute approximate surface area is 177 Å². The third-order valence-electron chi connectivity index (χ3n) is 5.58. The molecule has 2 aliphatic rings. The third kappa shape index (κ3) is 5.53. The molecule has 2 atom stereocenters. The maximum absolute atomic E-state index is 12.4. The van der Waals surface area contributed by atoms with E-state index in [0.717, 1.165) is 30.6 Å². The van der Waals surface area contributed by atoms with Crippen molar-refractivity contribution in [2.75, 3.05) is 25.9 Å². The SMILES string of the molecule is CCNC(=NCCCCN1C(=O)c2ccccc2C1=O)NC1CCCC(SC)C1. The molecule has 2 amide bonds. The van der Waals surface area contributed by atoms with E-state index in [1.165, 1.54) is 30.6 Å². The number of aliphatic imine (C=N–C) groups is 1. The van der Waals surface area contributed by atoms with Crippen LogP contribution in [0.1, 0.15) is 66.2 Å². The monoisotopic (exact) mass is 416 g/mol. The van der Waals surface area contributed by atoms with Gasteiger partial charge in [-0.15, -0.1) is 0 Å². The highest BCUT2D eigenvalue weighted by molar-refractivity contribution is 7.99. The number of nitrogens with one attached hydrogen (secondary N) is 2. The Balaban J connectivity index is 1.44. The van der Waals surface area contributed by atoms with Crippen molar-refractivity contribution in [2.24, 2.45) is 4.99 Å². The van der Waals surface area contributed by atoms with E-state index >= 15 is 0 Å². The fraction of sp³-hybridized carbons (Fsp3) is 0.591. The largest absolute Gasteiger partial charge is 0.357 e. The van der Waals surface area contributed by atoms with Gasteiger partial charge < -0.3 is 10.6 Å². The number of thioether (sulfide) groups is 1. The highest BCUT2D eigenvalue weighted by Crippen LogP contribution is 2.27. The van der Waals surface area contributed by atoms with Crippen LogP contribution in [0.15, 0.2) is 29.3 Å². The van der Waals surface area contributed by atoms with E-state index in [4.69, 9.17) is 4.99 Å². The van der Waals surface area contributed by atoms with Crippen LogP contribution in [0.5, 0.6) is 0 Å². The molecule has 1 heterocycles. The van der Waals surface area contributed by atoms with Gasteiger partial charge in [0.2, 0.25) is 0 Å². The van der Waals surface area contributed by atoms with Gasteiger partial charge in [0.25, 0.3) is 11.8 Å². The fourth-order valence-electron chi connectivity index (χ4n) is 4.02. The number of rotatable bonds is 8. The Hall–Kier alpha value is -2.02. The number of amides is 2. The Morgan fingerprint density at radius 2 is 1.90 bits per heavy atom. The molecule has 1 aliphatic carbocycles. The zero-order valence-corrected chi connectivity index (χ0v) is 18.3. The summed E-state index contributed by atoms with van der Waals surface area (Å²) in [6, 6.07) is 7.52. The van der Waals surface area contributed by atoms with Crippen LogP contribution in [0.2, 0.25) is 0 Å². The highest BCUT2D eigenvalue weighted by Gasteiger charge is 2.34. The molecule has 1 aromatic rings. The smallest absolute Gasteiger partial charge is 0.261 e. The van der Waals surface area contributed by atoms with Gasteiger partial charge in [-0.05, 0) is 57.4 Å². The number of nitrogens with zero attached hydrogens (tertiary/aromatic N) is 2. The first kappa shape index (κ1) is 21.7. The number of guanidine groups is 1. The molecule has 0 saturated heterocycles. The third-order valence-corrected chi connectivity index (χ3v) is 6.68. The van der Waals surface area contributed by atoms with Gasteiger partial charge in [0.05, 0.1) is 11.1 Å². The first-order chi connectivity index (χ1) is 14.1. The van der Waals surface area contributed by atoms with E-state index in [1.54, 1.807) is 24.3 Å². The molecule has 7 heteroatoms. The molecule has 2 unspecified atom stereocenters. The molecule has 3 rings (SSSR count). The zero-order valence-electron chi connectivity index (χ0n) is 17.4. The minimum Gasteiger partial charge on any atom is -0.357 e. The highest BCUT2D eigenvalue weighted by atomic mass is 32.2. The number of hydrogen-bond acceptors (Lipinski definition) is 4. The van der Waals surface area contributed by atoms with Crippen molar-refractivity contribution in [1.82, 2.24) is 15.5 Å². The topological polar surface area (TPSA) is 73.8 Å². The number of hydrogen-bond donors (Lipinski definition) is 2. The van der Waals surface area contributed by atoms with Gasteiger partial charge >= 0.3 is 0 Å². The zero-order chi connectivity index (χ0) is 20.6. The molecule has 0 bridgehead atoms. The first-order valence-electron chi connectivity index (χ1n) is 10.7. The van der Waals surface area contributed by atoms with Crippen LogP contribution in [0.4, 0.5) is 0 Å². The lowest BCUT2D eigenvalue weighted by Crippen LogP contribution is -2.45. The van der Waals surface area contributed by atoms with Crippen LogP contribution < -0.4 is 10.6 Å². The summed E-state index contributed by atoms with van der Waals surface area (Å²) in [6.45, 7) is 4.03. The lowest BCUT2D eigenvalue weighted by Gasteiger charge is -2.29. The van der Waals surface area contributed by atoms with Gasteiger partial charge in [-0.25, -0.2) is 0 Å². The number of carbonyl (C=O) groups is 2. The molecule has 0 spiro atoms. The average molecular weight is 417 g/mol. The number of imide groups is 1. The molecule has 1 fully saturated rings. The van der Waals surface area contributed by atoms with Gasteiger partial charge in [0.1, 0.15) is 0 Å². The van der Waals surface area contributed by atoms with E-state index in [1.807, 2.05) is 11.8 Å². The van der Waals surface area contributed by atoms with Gasteiger partial charge in [-0.2, -0.15) is 11.8 Å². The molecule has 1 aliphatic heterocycles. The minimum absolute atomic E-state index is 0.176. The number of unbranched alkanes of at least 4 members (excludes halogenated alkanes) is 1. The van der Waals surface area contributed by atoms with Gasteiger partial charge in [-0.3, -0.25) is 19.5 Å². The predicted molar refractivity (Wildman–Crippen MR) is 120 cm³/mol. The van der Waals surface area contributed by atoms with Gasteiger partial charge in [-0.1, -0.05) is 18.6 Å². The van der Waals surface area contributed by atoms with Crippen LogP contribution in [-0.4, -0.2) is 59.9 Å². The average Bonchev–Trinajstić information content (AvgIpc) is 2.98. The second-order valence-corrected chi connectivity index (χ2v) is 8.78. The Morgan fingerprint density at radius 1 is 1.17 bits per heavy atom. The molecule has 158 valence electrons. The van der Waals surface area contributed by atoms with Crippen molar-refractivity contribution in [3.63, 3.8) is 0 Å². The number of fused-ring (bicyclic) bond motifs is 1. The van der Waals surface area contributed by atoms with Gasteiger partial charge in [0, 0.05) is 30.9 Å². The lowest BCUT2D eigenvalue weighted by molar-refractivity contribution is 0.0652. The maximum Gasteiger partial charge on any atom is 0.261 e. The lowest BCUT2D eigenvalue weighted by atomic mass is 9.95. The van der Waals surface area contributed by atoms with E-state index in [2.05, 4.69) is 23.8 Å². The summed E-state index contributed by atoms with van der Waals surface area (Å²) < 4.78 is 0. The van der Waals surface area contributed by atoms with Crippen LogP contribution >= 0.6 is 11.8 Å². The Kier molecular flexibility index (Phi) is 7.98. The number of carbonyl (C=O) groups excluding carboxylic acids is 2. The van der Waals surface area contributed by atoms with Crippen LogP contribution in [0.3, 0.4) is 0 Å². The standard InChI is InChI=1S/C22H32N4O2S/c1-3-23-22(25-16-9-8-10-17(15-16)29-2)24-13-6-7-14-26-20(27)18-11-4-5-12-19(18)21(26)28/h4-5,11-12,16-17H,3,6-10,13-15H2,1-2H3,(H2,23,24,25). The molecule has 1 aromatic carbocycles.